The van der Waals surface area contributed by atoms with Gasteiger partial charge < -0.3 is 5.11 Å². The molecule has 0 aliphatic heterocycles. The Morgan fingerprint density at radius 1 is 1.33 bits per heavy atom. The van der Waals surface area contributed by atoms with Crippen LogP contribution >= 0.6 is 0 Å². The van der Waals surface area contributed by atoms with Gasteiger partial charge in [0.1, 0.15) is 0 Å². The standard InChI is InChI=1S/C14H15F3O3S/c15-14(16,17)11-3-1-2-10(6-11)8-21(20)9-13(4-5-13)7-12(18)19/h1-3,6H,4-5,7-9H2,(H,18,19). The SMILES string of the molecule is O=C(O)CC1(CS(=O)Cc2cccc(C(F)(F)F)c2)CC1. The molecule has 1 aromatic carbocycles. The average Bonchev–Trinajstić information content (AvgIpc) is 3.06. The van der Waals surface area contributed by atoms with E-state index in [1.54, 1.807) is 0 Å². The molecule has 1 aromatic rings. The van der Waals surface area contributed by atoms with Gasteiger partial charge in [0.05, 0.1) is 12.0 Å². The lowest BCUT2D eigenvalue weighted by molar-refractivity contribution is -0.138. The molecule has 0 heterocycles. The second kappa shape index (κ2) is 5.79. The molecule has 0 saturated heterocycles. The van der Waals surface area contributed by atoms with Gasteiger partial charge in [-0.1, -0.05) is 18.2 Å². The minimum absolute atomic E-state index is 0.0191. The Morgan fingerprint density at radius 3 is 2.52 bits per heavy atom. The number of hydrogen-bond acceptors (Lipinski definition) is 2. The third kappa shape index (κ3) is 4.56. The smallest absolute Gasteiger partial charge is 0.416 e. The predicted molar refractivity (Wildman–Crippen MR) is 72.1 cm³/mol. The molecule has 1 atom stereocenters. The minimum Gasteiger partial charge on any atom is -0.481 e. The van der Waals surface area contributed by atoms with Crippen LogP contribution < -0.4 is 0 Å². The number of carboxylic acids is 1. The van der Waals surface area contributed by atoms with Crippen LogP contribution in [0.2, 0.25) is 0 Å². The second-order valence-corrected chi connectivity index (χ2v) is 6.95. The van der Waals surface area contributed by atoms with Crippen LogP contribution in [0.3, 0.4) is 0 Å². The summed E-state index contributed by atoms with van der Waals surface area (Å²) < 4.78 is 49.8. The first-order chi connectivity index (χ1) is 9.70. The van der Waals surface area contributed by atoms with E-state index in [2.05, 4.69) is 0 Å². The molecule has 0 radical (unpaired) electrons. The van der Waals surface area contributed by atoms with Gasteiger partial charge in [0, 0.05) is 22.3 Å². The van der Waals surface area contributed by atoms with E-state index >= 15 is 0 Å². The highest BCUT2D eigenvalue weighted by Gasteiger charge is 2.45. The summed E-state index contributed by atoms with van der Waals surface area (Å²) in [5.41, 5.74) is -0.823. The summed E-state index contributed by atoms with van der Waals surface area (Å²) in [5.74, 6) is -0.676. The number of hydrogen-bond donors (Lipinski definition) is 1. The number of benzene rings is 1. The molecule has 1 N–H and O–H groups in total. The van der Waals surface area contributed by atoms with Crippen LogP contribution in [-0.4, -0.2) is 21.0 Å². The first-order valence-corrected chi connectivity index (χ1v) is 7.92. The zero-order valence-electron chi connectivity index (χ0n) is 11.2. The fourth-order valence-corrected chi connectivity index (χ4v) is 4.01. The molecule has 1 aliphatic carbocycles. The highest BCUT2D eigenvalue weighted by Crippen LogP contribution is 2.49. The molecule has 1 fully saturated rings. The van der Waals surface area contributed by atoms with Crippen LogP contribution in [0.25, 0.3) is 0 Å². The van der Waals surface area contributed by atoms with Gasteiger partial charge in [0.2, 0.25) is 0 Å². The van der Waals surface area contributed by atoms with E-state index in [0.717, 1.165) is 12.1 Å². The first kappa shape index (κ1) is 16.0. The van der Waals surface area contributed by atoms with E-state index in [0.29, 0.717) is 18.4 Å². The molecule has 2 rings (SSSR count). The number of carboxylic acid groups (broad SMARTS) is 1. The van der Waals surface area contributed by atoms with Gasteiger partial charge in [-0.3, -0.25) is 9.00 Å². The molecular formula is C14H15F3O3S. The van der Waals surface area contributed by atoms with Gasteiger partial charge >= 0.3 is 12.1 Å². The Balaban J connectivity index is 1.99. The van der Waals surface area contributed by atoms with E-state index in [4.69, 9.17) is 5.11 Å². The average molecular weight is 320 g/mol. The van der Waals surface area contributed by atoms with Crippen molar-refractivity contribution in [3.8, 4) is 0 Å². The fraction of sp³-hybridized carbons (Fsp3) is 0.500. The summed E-state index contributed by atoms with van der Waals surface area (Å²) in [6.07, 6.45) is -3.01. The maximum absolute atomic E-state index is 12.6. The molecule has 0 aromatic heterocycles. The second-order valence-electron chi connectivity index (χ2n) is 5.50. The van der Waals surface area contributed by atoms with Gasteiger partial charge in [-0.2, -0.15) is 13.2 Å². The molecule has 0 spiro atoms. The molecule has 21 heavy (non-hydrogen) atoms. The zero-order chi connectivity index (χ0) is 15.7. The molecule has 1 saturated carbocycles. The van der Waals surface area contributed by atoms with E-state index in [1.807, 2.05) is 0 Å². The lowest BCUT2D eigenvalue weighted by Crippen LogP contribution is -2.17. The molecule has 7 heteroatoms. The minimum atomic E-state index is -4.42. The lowest BCUT2D eigenvalue weighted by atomic mass is 10.1. The van der Waals surface area contributed by atoms with Crippen LogP contribution in [0.15, 0.2) is 24.3 Å². The summed E-state index contributed by atoms with van der Waals surface area (Å²) in [5, 5.41) is 8.79. The third-order valence-electron chi connectivity index (χ3n) is 3.53. The summed E-state index contributed by atoms with van der Waals surface area (Å²) in [7, 11) is -1.36. The van der Waals surface area contributed by atoms with E-state index in [9.17, 15) is 22.2 Å². The summed E-state index contributed by atoms with van der Waals surface area (Å²) in [6, 6.07) is 4.76. The van der Waals surface area contributed by atoms with Crippen molar-refractivity contribution < 1.29 is 27.3 Å². The molecule has 1 unspecified atom stereocenters. The molecule has 1 aliphatic rings. The van der Waals surface area contributed by atoms with Crippen molar-refractivity contribution in [1.82, 2.24) is 0 Å². The first-order valence-electron chi connectivity index (χ1n) is 6.43. The molecule has 0 bridgehead atoms. The van der Waals surface area contributed by atoms with Gasteiger partial charge in [-0.15, -0.1) is 0 Å². The summed E-state index contributed by atoms with van der Waals surface area (Å²) in [6.45, 7) is 0. The Hall–Kier alpha value is -1.37. The van der Waals surface area contributed by atoms with Crippen molar-refractivity contribution in [3.05, 3.63) is 35.4 Å². The number of alkyl halides is 3. The van der Waals surface area contributed by atoms with Crippen molar-refractivity contribution in [1.29, 1.82) is 0 Å². The van der Waals surface area contributed by atoms with Gasteiger partial charge in [-0.25, -0.2) is 0 Å². The maximum atomic E-state index is 12.6. The molecule has 3 nitrogen and oxygen atoms in total. The van der Waals surface area contributed by atoms with E-state index in [1.165, 1.54) is 12.1 Å². The van der Waals surface area contributed by atoms with Crippen LogP contribution in [0.4, 0.5) is 13.2 Å². The van der Waals surface area contributed by atoms with Crippen molar-refractivity contribution >= 4 is 16.8 Å². The lowest BCUT2D eigenvalue weighted by Gasteiger charge is -2.13. The van der Waals surface area contributed by atoms with Gasteiger partial charge in [0.15, 0.2) is 0 Å². The van der Waals surface area contributed by atoms with Crippen LogP contribution in [-0.2, 0) is 27.5 Å². The highest BCUT2D eigenvalue weighted by atomic mass is 32.2. The number of carbonyl (C=O) groups is 1. The van der Waals surface area contributed by atoms with Crippen LogP contribution in [0.5, 0.6) is 0 Å². The van der Waals surface area contributed by atoms with E-state index < -0.39 is 33.9 Å². The maximum Gasteiger partial charge on any atom is 0.416 e. The van der Waals surface area contributed by atoms with Crippen molar-refractivity contribution in [2.45, 2.75) is 31.2 Å². The summed E-state index contributed by atoms with van der Waals surface area (Å²) >= 11 is 0. The van der Waals surface area contributed by atoms with Crippen LogP contribution in [0.1, 0.15) is 30.4 Å². The number of halogens is 3. The zero-order valence-corrected chi connectivity index (χ0v) is 12.0. The fourth-order valence-electron chi connectivity index (χ4n) is 2.29. The van der Waals surface area contributed by atoms with Crippen molar-refractivity contribution in [2.24, 2.45) is 5.41 Å². The highest BCUT2D eigenvalue weighted by molar-refractivity contribution is 7.84. The van der Waals surface area contributed by atoms with Crippen LogP contribution in [0, 0.1) is 5.41 Å². The topological polar surface area (TPSA) is 54.4 Å². The quantitative estimate of drug-likeness (QED) is 0.875. The predicted octanol–water partition coefficient (Wildman–Crippen LogP) is 3.21. The number of rotatable bonds is 6. The number of aliphatic carboxylic acids is 1. The monoisotopic (exact) mass is 320 g/mol. The Morgan fingerprint density at radius 2 is 2.00 bits per heavy atom. The van der Waals surface area contributed by atoms with E-state index in [-0.39, 0.29) is 17.9 Å². The Labute approximate surface area is 122 Å². The molecule has 0 amide bonds. The molecular weight excluding hydrogens is 305 g/mol. The van der Waals surface area contributed by atoms with Crippen molar-refractivity contribution in [3.63, 3.8) is 0 Å². The normalized spacial score (nSPS) is 18.2. The summed E-state index contributed by atoms with van der Waals surface area (Å²) in [4.78, 5) is 10.7. The third-order valence-corrected chi connectivity index (χ3v) is 5.12. The Bertz CT molecular complexity index is 565. The molecule has 116 valence electrons. The van der Waals surface area contributed by atoms with Gasteiger partial charge in [0.25, 0.3) is 0 Å². The Kier molecular flexibility index (Phi) is 4.41. The van der Waals surface area contributed by atoms with Gasteiger partial charge in [-0.05, 0) is 29.9 Å². The van der Waals surface area contributed by atoms with Crippen molar-refractivity contribution in [2.75, 3.05) is 5.75 Å². The largest absolute Gasteiger partial charge is 0.481 e.